The molecule has 0 aliphatic carbocycles. The third kappa shape index (κ3) is 5.10. The summed E-state index contributed by atoms with van der Waals surface area (Å²) in [5, 5.41) is 2.96. The van der Waals surface area contributed by atoms with E-state index in [-0.39, 0.29) is 5.91 Å². The van der Waals surface area contributed by atoms with Gasteiger partial charge in [-0.2, -0.15) is 0 Å². The number of ether oxygens (including phenoxy) is 1. The number of methoxy groups -OCH3 is 1. The van der Waals surface area contributed by atoms with Crippen molar-refractivity contribution in [2.75, 3.05) is 32.1 Å². The number of aromatic nitrogens is 2. The summed E-state index contributed by atoms with van der Waals surface area (Å²) < 4.78 is 7.58. The van der Waals surface area contributed by atoms with Crippen LogP contribution in [0, 0.1) is 5.92 Å². The zero-order valence-electron chi connectivity index (χ0n) is 16.5. The standard InChI is InChI=1S/C21H30N4O2/c1-16(2)21-22-10-13-25(21)14-17-8-11-24(12-9-17)15-20(26)23-18-6-4-5-7-19(18)27-3/h4-7,10,13,16-17H,8-9,11-12,14-15H2,1-3H3,(H,23,26). The molecule has 1 aliphatic heterocycles. The fraction of sp³-hybridized carbons (Fsp3) is 0.524. The molecule has 1 aliphatic rings. The lowest BCUT2D eigenvalue weighted by Gasteiger charge is -2.32. The summed E-state index contributed by atoms with van der Waals surface area (Å²) in [5.74, 6) is 2.94. The molecule has 1 saturated heterocycles. The summed E-state index contributed by atoms with van der Waals surface area (Å²) >= 11 is 0. The van der Waals surface area contributed by atoms with Crippen LogP contribution in [0.1, 0.15) is 38.4 Å². The maximum atomic E-state index is 12.4. The van der Waals surface area contributed by atoms with E-state index in [0.717, 1.165) is 44.0 Å². The van der Waals surface area contributed by atoms with Gasteiger partial charge in [0, 0.05) is 24.9 Å². The van der Waals surface area contributed by atoms with Crippen LogP contribution in [-0.4, -0.2) is 47.1 Å². The molecule has 146 valence electrons. The lowest BCUT2D eigenvalue weighted by molar-refractivity contribution is -0.117. The summed E-state index contributed by atoms with van der Waals surface area (Å²) in [7, 11) is 1.61. The van der Waals surface area contributed by atoms with Crippen LogP contribution in [0.5, 0.6) is 5.75 Å². The number of rotatable bonds is 7. The van der Waals surface area contributed by atoms with Gasteiger partial charge in [-0.15, -0.1) is 0 Å². The zero-order chi connectivity index (χ0) is 19.2. The first-order chi connectivity index (χ1) is 13.1. The third-order valence-corrected chi connectivity index (χ3v) is 5.17. The average Bonchev–Trinajstić information content (AvgIpc) is 3.12. The number of para-hydroxylation sites is 2. The van der Waals surface area contributed by atoms with E-state index < -0.39 is 0 Å². The number of carbonyl (C=O) groups excluding carboxylic acids is 1. The van der Waals surface area contributed by atoms with E-state index in [9.17, 15) is 4.79 Å². The molecule has 2 heterocycles. The molecule has 0 bridgehead atoms. The predicted molar refractivity (Wildman–Crippen MR) is 107 cm³/mol. The van der Waals surface area contributed by atoms with Gasteiger partial charge < -0.3 is 14.6 Å². The molecule has 1 N–H and O–H groups in total. The summed E-state index contributed by atoms with van der Waals surface area (Å²) in [5.41, 5.74) is 0.723. The molecule has 1 fully saturated rings. The van der Waals surface area contributed by atoms with Crippen molar-refractivity contribution < 1.29 is 9.53 Å². The molecule has 27 heavy (non-hydrogen) atoms. The first-order valence-electron chi connectivity index (χ1n) is 9.73. The highest BCUT2D eigenvalue weighted by Gasteiger charge is 2.22. The van der Waals surface area contributed by atoms with Crippen LogP contribution in [-0.2, 0) is 11.3 Å². The van der Waals surface area contributed by atoms with Gasteiger partial charge in [0.25, 0.3) is 0 Å². The Morgan fingerprint density at radius 3 is 2.74 bits per heavy atom. The molecule has 6 nitrogen and oxygen atoms in total. The first-order valence-corrected chi connectivity index (χ1v) is 9.73. The number of piperidine rings is 1. The van der Waals surface area contributed by atoms with E-state index in [0.29, 0.717) is 24.1 Å². The molecular formula is C21H30N4O2. The van der Waals surface area contributed by atoms with E-state index in [1.165, 1.54) is 0 Å². The smallest absolute Gasteiger partial charge is 0.238 e. The monoisotopic (exact) mass is 370 g/mol. The lowest BCUT2D eigenvalue weighted by atomic mass is 9.96. The minimum Gasteiger partial charge on any atom is -0.495 e. The van der Waals surface area contributed by atoms with Gasteiger partial charge in [-0.1, -0.05) is 26.0 Å². The average molecular weight is 370 g/mol. The first kappa shape index (κ1) is 19.4. The molecule has 2 aromatic rings. The molecule has 1 amide bonds. The third-order valence-electron chi connectivity index (χ3n) is 5.17. The van der Waals surface area contributed by atoms with Crippen molar-refractivity contribution in [2.45, 2.75) is 39.2 Å². The summed E-state index contributed by atoms with van der Waals surface area (Å²) in [6.07, 6.45) is 6.20. The number of imidazole rings is 1. The Morgan fingerprint density at radius 1 is 1.30 bits per heavy atom. The summed E-state index contributed by atoms with van der Waals surface area (Å²) in [6, 6.07) is 7.50. The Morgan fingerprint density at radius 2 is 2.04 bits per heavy atom. The van der Waals surface area contributed by atoms with Crippen molar-refractivity contribution in [3.63, 3.8) is 0 Å². The number of benzene rings is 1. The summed E-state index contributed by atoms with van der Waals surface area (Å²) in [4.78, 5) is 19.1. The molecule has 0 radical (unpaired) electrons. The second-order valence-electron chi connectivity index (χ2n) is 7.56. The molecule has 6 heteroatoms. The van der Waals surface area contributed by atoms with Crippen molar-refractivity contribution in [1.29, 1.82) is 0 Å². The number of anilines is 1. The molecule has 3 rings (SSSR count). The molecule has 1 aromatic heterocycles. The topological polar surface area (TPSA) is 59.4 Å². The highest BCUT2D eigenvalue weighted by molar-refractivity contribution is 5.93. The van der Waals surface area contributed by atoms with Crippen LogP contribution in [0.2, 0.25) is 0 Å². The van der Waals surface area contributed by atoms with Crippen LogP contribution in [0.3, 0.4) is 0 Å². The van der Waals surface area contributed by atoms with Crippen LogP contribution in [0.4, 0.5) is 5.69 Å². The Kier molecular flexibility index (Phi) is 6.50. The largest absolute Gasteiger partial charge is 0.495 e. The number of hydrogen-bond acceptors (Lipinski definition) is 4. The number of nitrogens with one attached hydrogen (secondary N) is 1. The van der Waals surface area contributed by atoms with E-state index >= 15 is 0 Å². The van der Waals surface area contributed by atoms with Crippen molar-refractivity contribution in [3.05, 3.63) is 42.5 Å². The number of nitrogens with zero attached hydrogens (tertiary/aromatic N) is 3. The molecule has 0 spiro atoms. The van der Waals surface area contributed by atoms with Gasteiger partial charge in [-0.3, -0.25) is 9.69 Å². The molecular weight excluding hydrogens is 340 g/mol. The second-order valence-corrected chi connectivity index (χ2v) is 7.56. The lowest BCUT2D eigenvalue weighted by Crippen LogP contribution is -2.40. The highest BCUT2D eigenvalue weighted by atomic mass is 16.5. The van der Waals surface area contributed by atoms with Gasteiger partial charge >= 0.3 is 0 Å². The number of likely N-dealkylation sites (tertiary alicyclic amines) is 1. The van der Waals surface area contributed by atoms with Crippen molar-refractivity contribution in [1.82, 2.24) is 14.5 Å². The van der Waals surface area contributed by atoms with Crippen LogP contribution in [0.25, 0.3) is 0 Å². The molecule has 0 saturated carbocycles. The number of hydrogen-bond donors (Lipinski definition) is 1. The molecule has 0 atom stereocenters. The van der Waals surface area contributed by atoms with Crippen molar-refractivity contribution in [2.24, 2.45) is 5.92 Å². The second kappa shape index (κ2) is 9.04. The normalized spacial score (nSPS) is 15.9. The maximum absolute atomic E-state index is 12.4. The van der Waals surface area contributed by atoms with Gasteiger partial charge in [-0.25, -0.2) is 4.98 Å². The van der Waals surface area contributed by atoms with E-state index in [1.54, 1.807) is 7.11 Å². The summed E-state index contributed by atoms with van der Waals surface area (Å²) in [6.45, 7) is 7.72. The minimum absolute atomic E-state index is 0.00894. The van der Waals surface area contributed by atoms with Crippen molar-refractivity contribution >= 4 is 11.6 Å². The Hall–Kier alpha value is -2.34. The quantitative estimate of drug-likeness (QED) is 0.812. The number of amides is 1. The van der Waals surface area contributed by atoms with Crippen LogP contribution >= 0.6 is 0 Å². The highest BCUT2D eigenvalue weighted by Crippen LogP contribution is 2.24. The van der Waals surface area contributed by atoms with E-state index in [2.05, 4.69) is 39.8 Å². The molecule has 0 unspecified atom stereocenters. The van der Waals surface area contributed by atoms with E-state index in [1.807, 2.05) is 30.5 Å². The van der Waals surface area contributed by atoms with Crippen LogP contribution < -0.4 is 10.1 Å². The van der Waals surface area contributed by atoms with Gasteiger partial charge in [0.2, 0.25) is 5.91 Å². The van der Waals surface area contributed by atoms with Gasteiger partial charge in [0.05, 0.1) is 19.3 Å². The van der Waals surface area contributed by atoms with Gasteiger partial charge in [0.15, 0.2) is 0 Å². The van der Waals surface area contributed by atoms with Crippen LogP contribution in [0.15, 0.2) is 36.7 Å². The van der Waals surface area contributed by atoms with E-state index in [4.69, 9.17) is 4.74 Å². The maximum Gasteiger partial charge on any atom is 0.238 e. The van der Waals surface area contributed by atoms with Gasteiger partial charge in [0.1, 0.15) is 11.6 Å². The minimum atomic E-state index is 0.00894. The molecule has 1 aromatic carbocycles. The fourth-order valence-electron chi connectivity index (χ4n) is 3.72. The fourth-order valence-corrected chi connectivity index (χ4v) is 3.72. The van der Waals surface area contributed by atoms with Gasteiger partial charge in [-0.05, 0) is 44.0 Å². The Labute approximate surface area is 161 Å². The number of carbonyl (C=O) groups is 1. The van der Waals surface area contributed by atoms with Crippen molar-refractivity contribution in [3.8, 4) is 5.75 Å². The SMILES string of the molecule is COc1ccccc1NC(=O)CN1CCC(Cn2ccnc2C(C)C)CC1. The Bertz CT molecular complexity index is 748. The predicted octanol–water partition coefficient (Wildman–Crippen LogP) is 3.37. The zero-order valence-corrected chi connectivity index (χ0v) is 16.5. The Balaban J connectivity index is 1.46.